The largest absolute Gasteiger partial charge is 0.382 e. The summed E-state index contributed by atoms with van der Waals surface area (Å²) in [4.78, 5) is 65.4. The average Bonchev–Trinajstić information content (AvgIpc) is 1.65. The molecule has 20 aromatic rings. The van der Waals surface area contributed by atoms with Crippen LogP contribution in [0, 0.1) is 6.92 Å². The topological polar surface area (TPSA) is 341 Å². The minimum Gasteiger partial charge on any atom is -0.382 e. The van der Waals surface area contributed by atoms with E-state index in [0.29, 0.717) is 52.8 Å². The Morgan fingerprint density at radius 3 is 1.20 bits per heavy atom. The summed E-state index contributed by atoms with van der Waals surface area (Å²) in [6.07, 6.45) is 26.0. The molecule has 13 heterocycles. The van der Waals surface area contributed by atoms with E-state index in [1.165, 1.54) is 63.1 Å². The fraction of sp³-hybridized carbons (Fsp3) is 0.177. The first-order valence-electron chi connectivity index (χ1n) is 41.2. The van der Waals surface area contributed by atoms with Crippen LogP contribution in [-0.2, 0) is 0 Å². The number of hydrogen-bond donors (Lipinski definition) is 4. The lowest BCUT2D eigenvalue weighted by molar-refractivity contribution is 0.396. The van der Waals surface area contributed by atoms with Gasteiger partial charge in [0.05, 0.1) is 44.8 Å². The van der Waals surface area contributed by atoms with Crippen LogP contribution in [0.25, 0.3) is 156 Å². The van der Waals surface area contributed by atoms with Crippen LogP contribution < -0.4 is 22.9 Å². The van der Waals surface area contributed by atoms with E-state index in [2.05, 4.69) is 172 Å². The molecule has 0 aliphatic heterocycles. The molecule has 4 aliphatic carbocycles. The van der Waals surface area contributed by atoms with E-state index in [-0.39, 0.29) is 0 Å². The van der Waals surface area contributed by atoms with Gasteiger partial charge in [-0.25, -0.2) is 78.3 Å². The van der Waals surface area contributed by atoms with Crippen molar-refractivity contribution in [3.05, 3.63) is 285 Å². The Balaban J connectivity index is 0.0000000996. The number of pyridine rings is 4. The smallest absolute Gasteiger partial charge is 0.159 e. The molecule has 4 fully saturated rings. The van der Waals surface area contributed by atoms with Crippen LogP contribution in [0.1, 0.15) is 130 Å². The van der Waals surface area contributed by atoms with E-state index < -0.39 is 0 Å². The quantitative estimate of drug-likeness (QED) is 0.0882. The summed E-state index contributed by atoms with van der Waals surface area (Å²) in [6, 6.07) is 71.6. The zero-order chi connectivity index (χ0) is 81.2. The molecule has 4 saturated carbocycles. The van der Waals surface area contributed by atoms with Crippen LogP contribution in [0.15, 0.2) is 256 Å². The summed E-state index contributed by atoms with van der Waals surface area (Å²) in [7, 11) is 0. The molecule has 121 heavy (non-hydrogen) atoms. The van der Waals surface area contributed by atoms with Gasteiger partial charge in [-0.3, -0.25) is 9.38 Å². The highest BCUT2D eigenvalue weighted by Crippen LogP contribution is 2.45. The number of nitrogen functional groups attached to an aromatic ring is 4. The van der Waals surface area contributed by atoms with Crippen molar-refractivity contribution in [3.8, 4) is 90.3 Å². The van der Waals surface area contributed by atoms with Crippen molar-refractivity contribution in [2.75, 3.05) is 22.9 Å². The third kappa shape index (κ3) is 13.7. The molecule has 0 saturated heterocycles. The normalized spacial score (nSPS) is 14.3. The number of nitrogens with two attached hydrogens (primary N) is 4. The van der Waals surface area contributed by atoms with Gasteiger partial charge in [0.1, 0.15) is 92.9 Å². The molecule has 4 aliphatic rings. The van der Waals surface area contributed by atoms with Gasteiger partial charge in [0.25, 0.3) is 0 Å². The fourth-order valence-electron chi connectivity index (χ4n) is 16.7. The Morgan fingerprint density at radius 1 is 0.298 bits per heavy atom. The third-order valence-electron chi connectivity index (χ3n) is 24.1. The van der Waals surface area contributed by atoms with E-state index in [4.69, 9.17) is 62.8 Å². The zero-order valence-corrected chi connectivity index (χ0v) is 66.2. The lowest BCUT2D eigenvalue weighted by Gasteiger charge is -2.23. The van der Waals surface area contributed by atoms with E-state index in [0.717, 1.165) is 212 Å². The van der Waals surface area contributed by atoms with Crippen LogP contribution in [-0.4, -0.2) is 103 Å². The summed E-state index contributed by atoms with van der Waals surface area (Å²) in [5.74, 6) is 8.33. The summed E-state index contributed by atoms with van der Waals surface area (Å²) < 4.78 is 7.73. The number of nitrogens with zero attached hydrogens (tertiary/aromatic N) is 21. The lowest BCUT2D eigenvalue weighted by Crippen LogP contribution is -2.14. The first kappa shape index (κ1) is 73.4. The van der Waals surface area contributed by atoms with Crippen LogP contribution in [0.4, 0.5) is 23.3 Å². The number of hydrogen-bond acceptors (Lipinski definition) is 21. The van der Waals surface area contributed by atoms with Crippen molar-refractivity contribution < 1.29 is 0 Å². The Hall–Kier alpha value is -15.3. The van der Waals surface area contributed by atoms with Crippen LogP contribution in [0.3, 0.4) is 0 Å². The Bertz CT molecular complexity index is 6820. The summed E-state index contributed by atoms with van der Waals surface area (Å²) >= 11 is 0. The molecular formula is C96H81N25. The molecule has 13 aromatic heterocycles. The van der Waals surface area contributed by atoms with Gasteiger partial charge in [-0.15, -0.1) is 0 Å². The Morgan fingerprint density at radius 2 is 0.702 bits per heavy atom. The second-order valence-electron chi connectivity index (χ2n) is 31.6. The zero-order valence-electron chi connectivity index (χ0n) is 66.2. The highest BCUT2D eigenvalue weighted by atomic mass is 15.3. The summed E-state index contributed by atoms with van der Waals surface area (Å²) in [5, 5.41) is 17.6. The minimum absolute atomic E-state index is 0.426. The standard InChI is InChI=1S/C25H22N6.2C24H20N6.C23H19N7/c1-15-12-20(16-6-3-2-4-7-16)29-21-13-18(10-11-19(15)21)22-23-24(26)27-14-28-31(23)25(30-22)17-8-5-9-17;25-23-22-21(29-24(17-7-4-8-17)30(22)27-14-26-23)18-10-9-16-11-12-19(28-20(16)13-18)15-5-2-1-3-6-15;25-22-21-20(29-24(16-7-4-8-16)30(21)12-11-26-22)17-9-10-18-14-27-23(28-19(18)13-17)15-5-2-1-3-6-15;24-22-21-20(29-23(15-4-3-5-15)30(21)27-13-26-22)16-8-7-14-9-10-18(28-19(14)12-16)17-6-1-2-11-25-17/h2-4,6-7,10-14,17H,5,8-9H2,1H3,(H2,26,27,28);1-3,5-6,9-14,17H,4,7-8H2,(H2,25,26,27);1-3,5-6,9-14,16H,4,7-8H2,(H2,25,26);1-2,6-13,15H,3-5H2,(H2,24,26,27). The predicted molar refractivity (Wildman–Crippen MR) is 474 cm³/mol. The van der Waals surface area contributed by atoms with Gasteiger partial charge in [0.2, 0.25) is 0 Å². The summed E-state index contributed by atoms with van der Waals surface area (Å²) in [5.41, 5.74) is 47.1. The molecule has 0 radical (unpaired) electrons. The van der Waals surface area contributed by atoms with Crippen molar-refractivity contribution in [2.45, 2.75) is 108 Å². The van der Waals surface area contributed by atoms with Crippen molar-refractivity contribution >= 4 is 88.9 Å². The van der Waals surface area contributed by atoms with Gasteiger partial charge in [-0.2, -0.15) is 15.3 Å². The molecule has 0 unspecified atom stereocenters. The second kappa shape index (κ2) is 31.0. The fourth-order valence-corrected chi connectivity index (χ4v) is 16.7. The van der Waals surface area contributed by atoms with E-state index in [1.54, 1.807) is 12.4 Å². The lowest BCUT2D eigenvalue weighted by atomic mass is 9.85. The first-order chi connectivity index (χ1) is 59.5. The molecule has 0 atom stereocenters. The number of aryl methyl sites for hydroxylation is 1. The molecule has 0 spiro atoms. The van der Waals surface area contributed by atoms with Gasteiger partial charge in [-0.1, -0.05) is 183 Å². The Kier molecular flexibility index (Phi) is 18.8. The molecule has 7 aromatic carbocycles. The molecule has 24 rings (SSSR count). The molecule has 0 amide bonds. The SMILES string of the molecule is Cc1cc(-c2ccccc2)nc2cc(-c3nc(C4CCC4)n4ncnc(N)c34)ccc12.Nc1nccn2c(C3CCC3)nc(-c3ccc4cnc(-c5ccccc5)nc4c3)c12.Nc1ncnn2c(C3CCC3)nc(-c3ccc4ccc(-c5ccccc5)nc4c3)c12.Nc1ncnn2c(C3CCC3)nc(-c3ccc4ccc(-c5ccccn5)nc4c3)c12. The molecular weight excluding hydrogens is 1500 g/mol. The molecule has 8 N–H and O–H groups in total. The second-order valence-corrected chi connectivity index (χ2v) is 31.6. The maximum Gasteiger partial charge on any atom is 0.159 e. The van der Waals surface area contributed by atoms with Crippen molar-refractivity contribution in [3.63, 3.8) is 0 Å². The van der Waals surface area contributed by atoms with Gasteiger partial charge in [0, 0.05) is 109 Å². The number of fused-ring (bicyclic) bond motifs is 8. The van der Waals surface area contributed by atoms with Crippen LogP contribution in [0.2, 0.25) is 0 Å². The van der Waals surface area contributed by atoms with Crippen molar-refractivity contribution in [2.24, 2.45) is 0 Å². The van der Waals surface area contributed by atoms with Gasteiger partial charge < -0.3 is 22.9 Å². The molecule has 0 bridgehead atoms. The average molecular weight is 1580 g/mol. The van der Waals surface area contributed by atoms with Crippen molar-refractivity contribution in [1.29, 1.82) is 0 Å². The highest BCUT2D eigenvalue weighted by molar-refractivity contribution is 5.96. The molecule has 25 heteroatoms. The molecule has 590 valence electrons. The summed E-state index contributed by atoms with van der Waals surface area (Å²) in [6.45, 7) is 2.13. The number of aromatic nitrogens is 21. The van der Waals surface area contributed by atoms with Gasteiger partial charge in [-0.05, 0) is 118 Å². The number of rotatable bonds is 12. The molecule has 25 nitrogen and oxygen atoms in total. The maximum absolute atomic E-state index is 6.28. The van der Waals surface area contributed by atoms with Crippen LogP contribution in [0.5, 0.6) is 0 Å². The number of benzene rings is 7. The number of anilines is 4. The van der Waals surface area contributed by atoms with E-state index in [9.17, 15) is 0 Å². The monoisotopic (exact) mass is 1580 g/mol. The minimum atomic E-state index is 0.426. The number of imidazole rings is 4. The maximum atomic E-state index is 6.28. The third-order valence-corrected chi connectivity index (χ3v) is 24.1. The predicted octanol–water partition coefficient (Wildman–Crippen LogP) is 19.1. The Labute approximate surface area is 693 Å². The van der Waals surface area contributed by atoms with E-state index >= 15 is 0 Å². The van der Waals surface area contributed by atoms with Gasteiger partial charge >= 0.3 is 0 Å². The van der Waals surface area contributed by atoms with Gasteiger partial charge in [0.15, 0.2) is 23.3 Å². The van der Waals surface area contributed by atoms with Crippen LogP contribution >= 0.6 is 0 Å². The van der Waals surface area contributed by atoms with E-state index in [1.807, 2.05) is 123 Å². The first-order valence-corrected chi connectivity index (χ1v) is 41.2. The highest BCUT2D eigenvalue weighted by Gasteiger charge is 2.33. The van der Waals surface area contributed by atoms with Crippen molar-refractivity contribution in [1.82, 2.24) is 103 Å².